The van der Waals surface area contributed by atoms with E-state index in [-0.39, 0.29) is 5.75 Å². The van der Waals surface area contributed by atoms with Crippen molar-refractivity contribution in [2.24, 2.45) is 0 Å². The summed E-state index contributed by atoms with van der Waals surface area (Å²) >= 11 is 0. The molecule has 0 saturated heterocycles. The van der Waals surface area contributed by atoms with Gasteiger partial charge < -0.3 is 14.6 Å². The second-order valence-corrected chi connectivity index (χ2v) is 3.77. The average molecular weight is 244 g/mol. The lowest BCUT2D eigenvalue weighted by atomic mass is 10.1. The second kappa shape index (κ2) is 4.79. The van der Waals surface area contributed by atoms with Crippen LogP contribution < -0.4 is 0 Å². The first-order valence-electron chi connectivity index (χ1n) is 5.38. The number of benzene rings is 2. The van der Waals surface area contributed by atoms with Crippen LogP contribution in [0.5, 0.6) is 5.75 Å². The predicted molar refractivity (Wildman–Crippen MR) is 68.7 cm³/mol. The van der Waals surface area contributed by atoms with E-state index in [4.69, 9.17) is 14.3 Å². The number of furan rings is 1. The number of para-hydroxylation sites is 2. The Morgan fingerprint density at radius 1 is 1.06 bits per heavy atom. The van der Waals surface area contributed by atoms with E-state index in [1.165, 1.54) is 0 Å². The van der Waals surface area contributed by atoms with Gasteiger partial charge in [-0.25, -0.2) is 0 Å². The summed E-state index contributed by atoms with van der Waals surface area (Å²) in [5.41, 5.74) is 1.37. The maximum Gasteiger partial charge on any atom is 0.300 e. The zero-order chi connectivity index (χ0) is 13.1. The number of phenols is 1. The van der Waals surface area contributed by atoms with Gasteiger partial charge in [0.15, 0.2) is 11.3 Å². The number of fused-ring (bicyclic) bond motifs is 3. The third kappa shape index (κ3) is 2.27. The summed E-state index contributed by atoms with van der Waals surface area (Å²) in [6, 6.07) is 13.2. The van der Waals surface area contributed by atoms with E-state index in [1.54, 1.807) is 6.07 Å². The molecular weight excluding hydrogens is 232 g/mol. The fourth-order valence-electron chi connectivity index (χ4n) is 1.73. The summed E-state index contributed by atoms with van der Waals surface area (Å²) in [6.45, 7) is 1.08. The number of phenolic OH excluding ortho intramolecular Hbond substituents is 1. The number of hydrogen-bond acceptors (Lipinski definition) is 3. The Balaban J connectivity index is 0.000000267. The molecule has 0 amide bonds. The number of rotatable bonds is 0. The van der Waals surface area contributed by atoms with E-state index in [0.717, 1.165) is 23.3 Å². The minimum Gasteiger partial charge on any atom is -0.504 e. The van der Waals surface area contributed by atoms with Crippen LogP contribution in [0.1, 0.15) is 6.92 Å². The van der Waals surface area contributed by atoms with E-state index in [9.17, 15) is 5.11 Å². The lowest BCUT2D eigenvalue weighted by molar-refractivity contribution is -0.134. The second-order valence-electron chi connectivity index (χ2n) is 3.77. The first-order valence-corrected chi connectivity index (χ1v) is 5.38. The molecule has 0 unspecified atom stereocenters. The minimum absolute atomic E-state index is 0.193. The Morgan fingerprint density at radius 2 is 1.67 bits per heavy atom. The smallest absolute Gasteiger partial charge is 0.300 e. The monoisotopic (exact) mass is 244 g/mol. The zero-order valence-corrected chi connectivity index (χ0v) is 9.75. The summed E-state index contributed by atoms with van der Waals surface area (Å²) in [5.74, 6) is -0.640. The van der Waals surface area contributed by atoms with E-state index in [0.29, 0.717) is 5.58 Å². The standard InChI is InChI=1S/C12H8O2.C2H4O2/c13-10-6-3-5-9-8-4-1-2-7-11(8)14-12(9)10;1-2(3)4/h1-7,13H;1H3,(H,3,4). The molecule has 4 nitrogen and oxygen atoms in total. The Labute approximate surface area is 103 Å². The Bertz CT molecular complexity index is 693. The molecule has 0 fully saturated rings. The van der Waals surface area contributed by atoms with Crippen molar-refractivity contribution in [3.63, 3.8) is 0 Å². The van der Waals surface area contributed by atoms with Gasteiger partial charge >= 0.3 is 0 Å². The maximum atomic E-state index is 9.58. The summed E-state index contributed by atoms with van der Waals surface area (Å²) < 4.78 is 5.53. The molecular formula is C14H12O4. The number of carbonyl (C=O) groups is 1. The molecule has 0 aliphatic rings. The van der Waals surface area contributed by atoms with Crippen molar-refractivity contribution in [2.75, 3.05) is 0 Å². The van der Waals surface area contributed by atoms with Gasteiger partial charge in [-0.3, -0.25) is 4.79 Å². The van der Waals surface area contributed by atoms with Crippen LogP contribution in [0.25, 0.3) is 21.9 Å². The molecule has 3 rings (SSSR count). The van der Waals surface area contributed by atoms with E-state index < -0.39 is 5.97 Å². The number of carboxylic acids is 1. The highest BCUT2D eigenvalue weighted by atomic mass is 16.4. The normalized spacial score (nSPS) is 10.1. The molecule has 0 aliphatic heterocycles. The van der Waals surface area contributed by atoms with Crippen molar-refractivity contribution in [1.29, 1.82) is 0 Å². The summed E-state index contributed by atoms with van der Waals surface area (Å²) in [4.78, 5) is 9.00. The SMILES string of the molecule is CC(=O)O.Oc1cccc2c1oc1ccccc12. The van der Waals surface area contributed by atoms with E-state index >= 15 is 0 Å². The molecule has 0 aliphatic carbocycles. The Morgan fingerprint density at radius 3 is 2.39 bits per heavy atom. The average Bonchev–Trinajstić information content (AvgIpc) is 2.69. The maximum absolute atomic E-state index is 9.58. The number of hydrogen-bond donors (Lipinski definition) is 2. The van der Waals surface area contributed by atoms with Crippen molar-refractivity contribution >= 4 is 27.9 Å². The van der Waals surface area contributed by atoms with Gasteiger partial charge in [-0.1, -0.05) is 30.3 Å². The third-order valence-corrected chi connectivity index (χ3v) is 2.38. The summed E-state index contributed by atoms with van der Waals surface area (Å²) in [5, 5.41) is 19.0. The number of aliphatic carboxylic acids is 1. The lowest BCUT2D eigenvalue weighted by Crippen LogP contribution is -1.78. The molecule has 1 aromatic heterocycles. The molecule has 0 bridgehead atoms. The first-order chi connectivity index (χ1) is 8.59. The van der Waals surface area contributed by atoms with Gasteiger partial charge in [0, 0.05) is 17.7 Å². The highest BCUT2D eigenvalue weighted by Crippen LogP contribution is 2.33. The van der Waals surface area contributed by atoms with E-state index in [2.05, 4.69) is 0 Å². The molecule has 92 valence electrons. The van der Waals surface area contributed by atoms with Crippen molar-refractivity contribution in [1.82, 2.24) is 0 Å². The van der Waals surface area contributed by atoms with Gasteiger partial charge in [0.05, 0.1) is 0 Å². The molecule has 1 heterocycles. The van der Waals surface area contributed by atoms with Gasteiger partial charge in [0.2, 0.25) is 0 Å². The first kappa shape index (κ1) is 12.0. The lowest BCUT2D eigenvalue weighted by Gasteiger charge is -1.90. The van der Waals surface area contributed by atoms with Crippen LogP contribution in [0.4, 0.5) is 0 Å². The van der Waals surface area contributed by atoms with Crippen LogP contribution in [0.3, 0.4) is 0 Å². The predicted octanol–water partition coefficient (Wildman–Crippen LogP) is 3.38. The molecule has 0 spiro atoms. The fraction of sp³-hybridized carbons (Fsp3) is 0.0714. The Kier molecular flexibility index (Phi) is 3.19. The molecule has 4 heteroatoms. The fourth-order valence-corrected chi connectivity index (χ4v) is 1.73. The van der Waals surface area contributed by atoms with Crippen LogP contribution >= 0.6 is 0 Å². The molecule has 0 atom stereocenters. The molecule has 2 aromatic carbocycles. The van der Waals surface area contributed by atoms with Gasteiger partial charge in [-0.05, 0) is 12.1 Å². The Hall–Kier alpha value is -2.49. The van der Waals surface area contributed by atoms with Crippen molar-refractivity contribution in [2.45, 2.75) is 6.92 Å². The highest BCUT2D eigenvalue weighted by Gasteiger charge is 2.08. The summed E-state index contributed by atoms with van der Waals surface area (Å²) in [7, 11) is 0. The molecule has 0 radical (unpaired) electrons. The number of carboxylic acid groups (broad SMARTS) is 1. The van der Waals surface area contributed by atoms with Crippen LogP contribution in [-0.4, -0.2) is 16.2 Å². The van der Waals surface area contributed by atoms with Crippen LogP contribution in [0, 0.1) is 0 Å². The van der Waals surface area contributed by atoms with E-state index in [1.807, 2.05) is 36.4 Å². The molecule has 3 aromatic rings. The van der Waals surface area contributed by atoms with Crippen molar-refractivity contribution in [3.05, 3.63) is 42.5 Å². The van der Waals surface area contributed by atoms with Gasteiger partial charge in [0.25, 0.3) is 5.97 Å². The summed E-state index contributed by atoms with van der Waals surface area (Å²) in [6.07, 6.45) is 0. The van der Waals surface area contributed by atoms with Crippen LogP contribution in [0.15, 0.2) is 46.9 Å². The van der Waals surface area contributed by atoms with Gasteiger partial charge in [-0.15, -0.1) is 0 Å². The van der Waals surface area contributed by atoms with Crippen molar-refractivity contribution < 1.29 is 19.4 Å². The highest BCUT2D eigenvalue weighted by molar-refractivity contribution is 6.06. The zero-order valence-electron chi connectivity index (χ0n) is 9.75. The topological polar surface area (TPSA) is 70.7 Å². The molecule has 0 saturated carbocycles. The molecule has 2 N–H and O–H groups in total. The minimum atomic E-state index is -0.833. The third-order valence-electron chi connectivity index (χ3n) is 2.38. The van der Waals surface area contributed by atoms with Crippen LogP contribution in [-0.2, 0) is 4.79 Å². The molecule has 18 heavy (non-hydrogen) atoms. The van der Waals surface area contributed by atoms with Crippen molar-refractivity contribution in [3.8, 4) is 5.75 Å². The van der Waals surface area contributed by atoms with Gasteiger partial charge in [0.1, 0.15) is 5.58 Å². The van der Waals surface area contributed by atoms with Gasteiger partial charge in [-0.2, -0.15) is 0 Å². The number of aromatic hydroxyl groups is 1. The quantitative estimate of drug-likeness (QED) is 0.636. The largest absolute Gasteiger partial charge is 0.504 e. The van der Waals surface area contributed by atoms with Crippen LogP contribution in [0.2, 0.25) is 0 Å².